The van der Waals surface area contributed by atoms with Crippen molar-refractivity contribution in [1.82, 2.24) is 0 Å². The molecule has 22 heavy (non-hydrogen) atoms. The molecule has 1 aromatic rings. The SMILES string of the molecule is Cc1cc(C)c(C)c(OC[C@H](O)C[NH+]2[C@H](C)CCC[C@@H]2C)c1. The van der Waals surface area contributed by atoms with Crippen molar-refractivity contribution in [3.8, 4) is 5.75 Å². The molecular weight excluding hydrogens is 274 g/mol. The van der Waals surface area contributed by atoms with E-state index in [9.17, 15) is 5.11 Å². The van der Waals surface area contributed by atoms with E-state index in [2.05, 4.69) is 46.8 Å². The van der Waals surface area contributed by atoms with Crippen molar-refractivity contribution >= 4 is 0 Å². The minimum atomic E-state index is -0.404. The van der Waals surface area contributed by atoms with Crippen molar-refractivity contribution < 1.29 is 14.7 Å². The number of aryl methyl sites for hydroxylation is 2. The standard InChI is InChI=1S/C19H31NO2/c1-13-9-14(2)17(5)19(10-13)22-12-18(21)11-20-15(3)7-6-8-16(20)4/h9-10,15-16,18,21H,6-8,11-12H2,1-5H3/p+1/t15-,16+,18-/m1/s1. The molecular formula is C19H32NO2+. The van der Waals surface area contributed by atoms with Crippen LogP contribution in [0, 0.1) is 20.8 Å². The molecule has 0 aliphatic carbocycles. The molecule has 1 heterocycles. The van der Waals surface area contributed by atoms with Crippen molar-refractivity contribution in [2.24, 2.45) is 0 Å². The van der Waals surface area contributed by atoms with Gasteiger partial charge in [0.1, 0.15) is 25.0 Å². The van der Waals surface area contributed by atoms with Crippen molar-refractivity contribution in [2.45, 2.75) is 72.1 Å². The second-order valence-electron chi connectivity index (χ2n) is 7.18. The molecule has 0 saturated carbocycles. The second kappa shape index (κ2) is 7.47. The Hall–Kier alpha value is -1.06. The van der Waals surface area contributed by atoms with Crippen LogP contribution in [-0.4, -0.2) is 36.4 Å². The lowest BCUT2D eigenvalue weighted by molar-refractivity contribution is -0.954. The summed E-state index contributed by atoms with van der Waals surface area (Å²) in [6.45, 7) is 12.0. The molecule has 0 spiro atoms. The lowest BCUT2D eigenvalue weighted by Crippen LogP contribution is -3.20. The first-order chi connectivity index (χ1) is 10.4. The zero-order valence-corrected chi connectivity index (χ0v) is 14.8. The maximum atomic E-state index is 10.4. The Bertz CT molecular complexity index is 490. The summed E-state index contributed by atoms with van der Waals surface area (Å²) in [4.78, 5) is 1.53. The van der Waals surface area contributed by atoms with Crippen molar-refractivity contribution in [3.05, 3.63) is 28.8 Å². The van der Waals surface area contributed by atoms with Crippen LogP contribution in [0.3, 0.4) is 0 Å². The normalized spacial score (nSPS) is 26.7. The average Bonchev–Trinajstić information content (AvgIpc) is 2.45. The minimum Gasteiger partial charge on any atom is -0.490 e. The van der Waals surface area contributed by atoms with Crippen LogP contribution in [0.2, 0.25) is 0 Å². The number of piperidine rings is 1. The summed E-state index contributed by atoms with van der Waals surface area (Å²) >= 11 is 0. The van der Waals surface area contributed by atoms with Crippen LogP contribution in [-0.2, 0) is 0 Å². The van der Waals surface area contributed by atoms with E-state index in [4.69, 9.17) is 4.74 Å². The quantitative estimate of drug-likeness (QED) is 0.874. The number of rotatable bonds is 5. The highest BCUT2D eigenvalue weighted by Gasteiger charge is 2.30. The van der Waals surface area contributed by atoms with Gasteiger partial charge in [0.05, 0.1) is 12.1 Å². The summed E-state index contributed by atoms with van der Waals surface area (Å²) < 4.78 is 5.91. The van der Waals surface area contributed by atoms with Gasteiger partial charge in [-0.05, 0) is 76.6 Å². The van der Waals surface area contributed by atoms with E-state index in [1.807, 2.05) is 0 Å². The van der Waals surface area contributed by atoms with Crippen molar-refractivity contribution in [2.75, 3.05) is 13.2 Å². The molecule has 4 atom stereocenters. The molecule has 2 rings (SSSR count). The fourth-order valence-corrected chi connectivity index (χ4v) is 3.66. The van der Waals surface area contributed by atoms with E-state index in [0.29, 0.717) is 18.7 Å². The summed E-state index contributed by atoms with van der Waals surface area (Å²) in [5, 5.41) is 10.4. The average molecular weight is 306 g/mol. The molecule has 1 unspecified atom stereocenters. The third kappa shape index (κ3) is 4.23. The summed E-state index contributed by atoms with van der Waals surface area (Å²) in [5.41, 5.74) is 3.62. The van der Waals surface area contributed by atoms with Gasteiger partial charge in [0.25, 0.3) is 0 Å². The van der Waals surface area contributed by atoms with E-state index < -0.39 is 6.10 Å². The number of hydrogen-bond donors (Lipinski definition) is 2. The Morgan fingerprint density at radius 1 is 1.18 bits per heavy atom. The predicted octanol–water partition coefficient (Wildman–Crippen LogP) is 2.20. The fraction of sp³-hybridized carbons (Fsp3) is 0.684. The first kappa shape index (κ1) is 17.3. The third-order valence-corrected chi connectivity index (χ3v) is 5.21. The smallest absolute Gasteiger partial charge is 0.137 e. The lowest BCUT2D eigenvalue weighted by atomic mass is 9.97. The number of likely N-dealkylation sites (tertiary alicyclic amines) is 1. The molecule has 0 bridgehead atoms. The highest BCUT2D eigenvalue weighted by Crippen LogP contribution is 2.23. The van der Waals surface area contributed by atoms with E-state index in [1.54, 1.807) is 0 Å². The van der Waals surface area contributed by atoms with Crippen LogP contribution >= 0.6 is 0 Å². The Morgan fingerprint density at radius 3 is 2.45 bits per heavy atom. The van der Waals surface area contributed by atoms with Crippen LogP contribution in [0.15, 0.2) is 12.1 Å². The monoisotopic (exact) mass is 306 g/mol. The minimum absolute atomic E-state index is 0.382. The number of benzene rings is 1. The molecule has 1 aromatic carbocycles. The molecule has 0 radical (unpaired) electrons. The van der Waals surface area contributed by atoms with Gasteiger partial charge >= 0.3 is 0 Å². The first-order valence-corrected chi connectivity index (χ1v) is 8.62. The zero-order chi connectivity index (χ0) is 16.3. The molecule has 1 aliphatic rings. The van der Waals surface area contributed by atoms with E-state index in [0.717, 1.165) is 12.3 Å². The number of hydrogen-bond acceptors (Lipinski definition) is 2. The fourth-order valence-electron chi connectivity index (χ4n) is 3.66. The van der Waals surface area contributed by atoms with E-state index in [-0.39, 0.29) is 0 Å². The van der Waals surface area contributed by atoms with Crippen LogP contribution in [0.5, 0.6) is 5.75 Å². The van der Waals surface area contributed by atoms with Gasteiger partial charge in [-0.25, -0.2) is 0 Å². The third-order valence-electron chi connectivity index (χ3n) is 5.21. The maximum absolute atomic E-state index is 10.4. The van der Waals surface area contributed by atoms with E-state index >= 15 is 0 Å². The highest BCUT2D eigenvalue weighted by molar-refractivity contribution is 5.41. The van der Waals surface area contributed by atoms with Crippen LogP contribution in [0.1, 0.15) is 49.8 Å². The Balaban J connectivity index is 1.91. The highest BCUT2D eigenvalue weighted by atomic mass is 16.5. The first-order valence-electron chi connectivity index (χ1n) is 8.62. The van der Waals surface area contributed by atoms with E-state index in [1.165, 1.54) is 40.9 Å². The molecule has 1 aliphatic heterocycles. The summed E-state index contributed by atoms with van der Waals surface area (Å²) in [7, 11) is 0. The van der Waals surface area contributed by atoms with Gasteiger partial charge in [-0.15, -0.1) is 0 Å². The lowest BCUT2D eigenvalue weighted by Gasteiger charge is -2.36. The summed E-state index contributed by atoms with van der Waals surface area (Å²) in [6.07, 6.45) is 3.45. The number of aliphatic hydroxyl groups is 1. The van der Waals surface area contributed by atoms with Gasteiger partial charge in [-0.3, -0.25) is 0 Å². The molecule has 2 N–H and O–H groups in total. The van der Waals surface area contributed by atoms with Gasteiger partial charge in [-0.2, -0.15) is 0 Å². The molecule has 1 saturated heterocycles. The summed E-state index contributed by atoms with van der Waals surface area (Å²) in [5.74, 6) is 0.909. The number of nitrogens with one attached hydrogen (secondary N) is 1. The Labute approximate surface area is 135 Å². The van der Waals surface area contributed by atoms with Gasteiger partial charge in [0.15, 0.2) is 0 Å². The Kier molecular flexibility index (Phi) is 5.87. The maximum Gasteiger partial charge on any atom is 0.137 e. The molecule has 3 nitrogen and oxygen atoms in total. The largest absolute Gasteiger partial charge is 0.490 e. The van der Waals surface area contributed by atoms with Gasteiger partial charge in [0, 0.05) is 0 Å². The zero-order valence-electron chi connectivity index (χ0n) is 14.8. The van der Waals surface area contributed by atoms with Gasteiger partial charge in [-0.1, -0.05) is 6.07 Å². The number of aliphatic hydroxyl groups excluding tert-OH is 1. The second-order valence-corrected chi connectivity index (χ2v) is 7.18. The van der Waals surface area contributed by atoms with Crippen LogP contribution in [0.4, 0.5) is 0 Å². The molecule has 0 amide bonds. The number of ether oxygens (including phenoxy) is 1. The molecule has 1 fully saturated rings. The van der Waals surface area contributed by atoms with Crippen molar-refractivity contribution in [3.63, 3.8) is 0 Å². The molecule has 0 aromatic heterocycles. The molecule has 3 heteroatoms. The Morgan fingerprint density at radius 2 is 1.82 bits per heavy atom. The van der Waals surface area contributed by atoms with Crippen molar-refractivity contribution in [1.29, 1.82) is 0 Å². The van der Waals surface area contributed by atoms with Crippen LogP contribution in [0.25, 0.3) is 0 Å². The molecule has 124 valence electrons. The number of quaternary nitrogens is 1. The summed E-state index contributed by atoms with van der Waals surface area (Å²) in [6, 6.07) is 5.51. The topological polar surface area (TPSA) is 33.9 Å². The van der Waals surface area contributed by atoms with Gasteiger partial charge < -0.3 is 14.7 Å². The van der Waals surface area contributed by atoms with Crippen LogP contribution < -0.4 is 9.64 Å². The predicted molar refractivity (Wildman–Crippen MR) is 90.8 cm³/mol. The van der Waals surface area contributed by atoms with Gasteiger partial charge in [0.2, 0.25) is 0 Å².